The Morgan fingerprint density at radius 3 is 2.86 bits per heavy atom. The van der Waals surface area contributed by atoms with Gasteiger partial charge in [0.1, 0.15) is 6.04 Å². The maximum Gasteiger partial charge on any atom is 0.243 e. The number of amides is 1. The first-order valence-corrected chi connectivity index (χ1v) is 7.04. The fourth-order valence-corrected chi connectivity index (χ4v) is 2.49. The number of carbonyl (C=O) groups is 2. The topological polar surface area (TPSA) is 60.3 Å². The highest BCUT2D eigenvalue weighted by Gasteiger charge is 2.21. The van der Waals surface area contributed by atoms with Crippen LogP contribution >= 0.6 is 0 Å². The normalized spacial score (nSPS) is 12.3. The third-order valence-corrected chi connectivity index (χ3v) is 3.53. The van der Waals surface area contributed by atoms with Gasteiger partial charge in [0.05, 0.1) is 6.61 Å². The van der Waals surface area contributed by atoms with Crippen LogP contribution in [-0.2, 0) is 9.53 Å². The van der Waals surface area contributed by atoms with E-state index in [1.165, 1.54) is 0 Å². The Bertz CT molecular complexity index is 633. The molecule has 1 atom stereocenters. The molecule has 1 aromatic carbocycles. The second kappa shape index (κ2) is 7.04. The van der Waals surface area contributed by atoms with Gasteiger partial charge in [0.2, 0.25) is 5.91 Å². The van der Waals surface area contributed by atoms with Crippen LogP contribution in [0.2, 0.25) is 0 Å². The van der Waals surface area contributed by atoms with Gasteiger partial charge in [-0.15, -0.1) is 0 Å². The molecule has 1 N–H and O–H groups in total. The Morgan fingerprint density at radius 1 is 1.43 bits per heavy atom. The number of rotatable bonds is 7. The van der Waals surface area contributed by atoms with Gasteiger partial charge in [0.15, 0.2) is 6.29 Å². The van der Waals surface area contributed by atoms with Crippen LogP contribution in [0.1, 0.15) is 29.7 Å². The number of nitrogens with one attached hydrogen (secondary N) is 1. The van der Waals surface area contributed by atoms with Crippen LogP contribution in [-0.4, -0.2) is 37.0 Å². The molecule has 1 heterocycles. The number of carbonyl (C=O) groups excluding carboxylic acids is 2. The molecule has 0 saturated carbocycles. The standard InChI is InChI=1S/C16H20N2O3/c1-3-14(16(20)17-8-9-21-2)18-10-12(11-19)13-6-4-5-7-15(13)18/h4-7,10-11,14H,3,8-9H2,1-2H3,(H,17,20). The molecule has 0 fully saturated rings. The number of methoxy groups -OCH3 is 1. The molecular formula is C16H20N2O3. The summed E-state index contributed by atoms with van der Waals surface area (Å²) in [7, 11) is 1.60. The van der Waals surface area contributed by atoms with Gasteiger partial charge in [-0.1, -0.05) is 25.1 Å². The fraction of sp³-hybridized carbons (Fsp3) is 0.375. The molecule has 112 valence electrons. The van der Waals surface area contributed by atoms with Gasteiger partial charge in [0, 0.05) is 36.3 Å². The van der Waals surface area contributed by atoms with Crippen molar-refractivity contribution in [3.63, 3.8) is 0 Å². The van der Waals surface area contributed by atoms with Crippen molar-refractivity contribution < 1.29 is 14.3 Å². The zero-order chi connectivity index (χ0) is 15.2. The van der Waals surface area contributed by atoms with Crippen LogP contribution in [0, 0.1) is 0 Å². The zero-order valence-corrected chi connectivity index (χ0v) is 12.3. The SMILES string of the molecule is CCC(C(=O)NCCOC)n1cc(C=O)c2ccccc21. The monoisotopic (exact) mass is 288 g/mol. The van der Waals surface area contributed by atoms with Crippen molar-refractivity contribution in [1.82, 2.24) is 9.88 Å². The molecule has 0 bridgehead atoms. The molecule has 5 nitrogen and oxygen atoms in total. The lowest BCUT2D eigenvalue weighted by Gasteiger charge is -2.18. The van der Waals surface area contributed by atoms with Crippen LogP contribution in [0.5, 0.6) is 0 Å². The molecule has 5 heteroatoms. The summed E-state index contributed by atoms with van der Waals surface area (Å²) in [5, 5.41) is 3.72. The summed E-state index contributed by atoms with van der Waals surface area (Å²) in [4.78, 5) is 23.5. The number of hydrogen-bond acceptors (Lipinski definition) is 3. The summed E-state index contributed by atoms with van der Waals surface area (Å²) >= 11 is 0. The van der Waals surface area contributed by atoms with Gasteiger partial charge in [0.25, 0.3) is 0 Å². The third kappa shape index (κ3) is 3.13. The molecule has 1 aromatic heterocycles. The van der Waals surface area contributed by atoms with E-state index in [4.69, 9.17) is 4.74 Å². The second-order valence-corrected chi connectivity index (χ2v) is 4.83. The van der Waals surface area contributed by atoms with E-state index in [0.29, 0.717) is 25.1 Å². The summed E-state index contributed by atoms with van der Waals surface area (Å²) < 4.78 is 6.81. The summed E-state index contributed by atoms with van der Waals surface area (Å²) in [6.45, 7) is 2.91. The Morgan fingerprint density at radius 2 is 2.19 bits per heavy atom. The smallest absolute Gasteiger partial charge is 0.243 e. The van der Waals surface area contributed by atoms with Crippen molar-refractivity contribution in [3.8, 4) is 0 Å². The average molecular weight is 288 g/mol. The number of para-hydroxylation sites is 1. The van der Waals surface area contributed by atoms with E-state index < -0.39 is 0 Å². The highest BCUT2D eigenvalue weighted by molar-refractivity contribution is 5.98. The quantitative estimate of drug-likeness (QED) is 0.627. The first-order valence-electron chi connectivity index (χ1n) is 7.04. The minimum Gasteiger partial charge on any atom is -0.383 e. The van der Waals surface area contributed by atoms with Crippen LogP contribution in [0.25, 0.3) is 10.9 Å². The Kier molecular flexibility index (Phi) is 5.11. The van der Waals surface area contributed by atoms with E-state index in [1.807, 2.05) is 35.8 Å². The molecule has 0 aliphatic carbocycles. The Balaban J connectivity index is 2.34. The van der Waals surface area contributed by atoms with Crippen molar-refractivity contribution in [2.75, 3.05) is 20.3 Å². The lowest BCUT2D eigenvalue weighted by atomic mass is 10.2. The van der Waals surface area contributed by atoms with Crippen LogP contribution in [0.3, 0.4) is 0 Å². The number of benzene rings is 1. The number of nitrogens with zero attached hydrogens (tertiary/aromatic N) is 1. The van der Waals surface area contributed by atoms with Crippen molar-refractivity contribution in [2.24, 2.45) is 0 Å². The van der Waals surface area contributed by atoms with Gasteiger partial charge in [-0.2, -0.15) is 0 Å². The number of fused-ring (bicyclic) bond motifs is 1. The minimum absolute atomic E-state index is 0.0623. The fourth-order valence-electron chi connectivity index (χ4n) is 2.49. The predicted molar refractivity (Wildman–Crippen MR) is 81.5 cm³/mol. The van der Waals surface area contributed by atoms with Crippen molar-refractivity contribution >= 4 is 23.1 Å². The van der Waals surface area contributed by atoms with Gasteiger partial charge in [-0.05, 0) is 12.5 Å². The largest absolute Gasteiger partial charge is 0.383 e. The van der Waals surface area contributed by atoms with Crippen molar-refractivity contribution in [1.29, 1.82) is 0 Å². The van der Waals surface area contributed by atoms with Crippen LogP contribution in [0.15, 0.2) is 30.5 Å². The molecule has 1 unspecified atom stereocenters. The molecule has 1 amide bonds. The number of ether oxygens (including phenoxy) is 1. The van der Waals surface area contributed by atoms with Gasteiger partial charge < -0.3 is 14.6 Å². The van der Waals surface area contributed by atoms with Crippen molar-refractivity contribution in [2.45, 2.75) is 19.4 Å². The predicted octanol–water partition coefficient (Wildman–Crippen LogP) is 2.17. The molecule has 2 rings (SSSR count). The van der Waals surface area contributed by atoms with E-state index in [9.17, 15) is 9.59 Å². The molecule has 0 saturated heterocycles. The first kappa shape index (κ1) is 15.3. The first-order chi connectivity index (χ1) is 10.2. The summed E-state index contributed by atoms with van der Waals surface area (Å²) in [6, 6.07) is 7.28. The molecule has 0 aliphatic heterocycles. The molecule has 2 aromatic rings. The van der Waals surface area contributed by atoms with Crippen LogP contribution in [0.4, 0.5) is 0 Å². The lowest BCUT2D eigenvalue weighted by molar-refractivity contribution is -0.124. The van der Waals surface area contributed by atoms with Crippen molar-refractivity contribution in [3.05, 3.63) is 36.0 Å². The van der Waals surface area contributed by atoms with E-state index in [0.717, 1.165) is 17.2 Å². The maximum atomic E-state index is 12.3. The third-order valence-electron chi connectivity index (χ3n) is 3.53. The molecule has 0 aliphatic rings. The van der Waals surface area contributed by atoms with Crippen LogP contribution < -0.4 is 5.32 Å². The van der Waals surface area contributed by atoms with Gasteiger partial charge >= 0.3 is 0 Å². The maximum absolute atomic E-state index is 12.3. The van der Waals surface area contributed by atoms with E-state index in [-0.39, 0.29) is 11.9 Å². The second-order valence-electron chi connectivity index (χ2n) is 4.83. The zero-order valence-electron chi connectivity index (χ0n) is 12.3. The van der Waals surface area contributed by atoms with E-state index in [2.05, 4.69) is 5.32 Å². The summed E-state index contributed by atoms with van der Waals surface area (Å²) in [5.41, 5.74) is 1.50. The Labute approximate surface area is 123 Å². The summed E-state index contributed by atoms with van der Waals surface area (Å²) in [5.74, 6) is -0.0623. The number of aldehydes is 1. The number of hydrogen-bond donors (Lipinski definition) is 1. The minimum atomic E-state index is -0.333. The average Bonchev–Trinajstić information content (AvgIpc) is 2.87. The lowest BCUT2D eigenvalue weighted by Crippen LogP contribution is -2.34. The molecule has 0 radical (unpaired) electrons. The summed E-state index contributed by atoms with van der Waals surface area (Å²) in [6.07, 6.45) is 3.23. The molecule has 0 spiro atoms. The van der Waals surface area contributed by atoms with E-state index in [1.54, 1.807) is 13.3 Å². The molecular weight excluding hydrogens is 268 g/mol. The number of aromatic nitrogens is 1. The van der Waals surface area contributed by atoms with Gasteiger partial charge in [-0.25, -0.2) is 0 Å². The Hall–Kier alpha value is -2.14. The van der Waals surface area contributed by atoms with E-state index >= 15 is 0 Å². The highest BCUT2D eigenvalue weighted by atomic mass is 16.5. The highest BCUT2D eigenvalue weighted by Crippen LogP contribution is 2.25. The molecule has 21 heavy (non-hydrogen) atoms. The van der Waals surface area contributed by atoms with Gasteiger partial charge in [-0.3, -0.25) is 9.59 Å².